The van der Waals surface area contributed by atoms with Crippen molar-refractivity contribution >= 4 is 11.9 Å². The number of carboxylic acid groups (broad SMARTS) is 1. The SMILES string of the molecule is CCCCCCCCCCC(CCC(=O)O)OC(C)=O. The van der Waals surface area contributed by atoms with Crippen molar-refractivity contribution in [2.75, 3.05) is 0 Å². The Hall–Kier alpha value is -1.06. The van der Waals surface area contributed by atoms with Crippen LogP contribution < -0.4 is 0 Å². The van der Waals surface area contributed by atoms with Crippen LogP contribution in [0.5, 0.6) is 0 Å². The highest BCUT2D eigenvalue weighted by Crippen LogP contribution is 2.15. The number of esters is 1. The topological polar surface area (TPSA) is 63.6 Å². The molecule has 1 N–H and O–H groups in total. The molecule has 0 aromatic carbocycles. The first-order valence-corrected chi connectivity index (χ1v) is 7.95. The Bertz CT molecular complexity index is 263. The maximum absolute atomic E-state index is 11.0. The molecule has 0 rings (SSSR count). The summed E-state index contributed by atoms with van der Waals surface area (Å²) >= 11 is 0. The molecule has 4 nitrogen and oxygen atoms in total. The Morgan fingerprint density at radius 1 is 0.950 bits per heavy atom. The molecule has 0 heterocycles. The van der Waals surface area contributed by atoms with Gasteiger partial charge in [-0.2, -0.15) is 0 Å². The molecule has 0 saturated carbocycles. The largest absolute Gasteiger partial charge is 0.481 e. The third kappa shape index (κ3) is 13.4. The molecule has 20 heavy (non-hydrogen) atoms. The van der Waals surface area contributed by atoms with E-state index in [-0.39, 0.29) is 18.5 Å². The number of unbranched alkanes of at least 4 members (excludes halogenated alkanes) is 7. The van der Waals surface area contributed by atoms with Crippen molar-refractivity contribution in [3.05, 3.63) is 0 Å². The standard InChI is InChI=1S/C16H30O4/c1-3-4-5-6-7-8-9-10-11-15(20-14(2)17)12-13-16(18)19/h15H,3-13H2,1-2H3,(H,18,19). The maximum Gasteiger partial charge on any atom is 0.303 e. The summed E-state index contributed by atoms with van der Waals surface area (Å²) in [4.78, 5) is 21.5. The minimum atomic E-state index is -0.835. The molecule has 0 amide bonds. The summed E-state index contributed by atoms with van der Waals surface area (Å²) < 4.78 is 5.16. The summed E-state index contributed by atoms with van der Waals surface area (Å²) in [6.45, 7) is 3.59. The number of hydrogen-bond acceptors (Lipinski definition) is 3. The Morgan fingerprint density at radius 3 is 2.00 bits per heavy atom. The molecule has 0 aliphatic heterocycles. The lowest BCUT2D eigenvalue weighted by atomic mass is 10.0. The zero-order valence-corrected chi connectivity index (χ0v) is 13.0. The van der Waals surface area contributed by atoms with Crippen LogP contribution >= 0.6 is 0 Å². The third-order valence-electron chi connectivity index (χ3n) is 3.39. The number of rotatable bonds is 13. The molecule has 0 aromatic heterocycles. The monoisotopic (exact) mass is 286 g/mol. The molecule has 0 spiro atoms. The van der Waals surface area contributed by atoms with Gasteiger partial charge in [0.05, 0.1) is 0 Å². The zero-order valence-electron chi connectivity index (χ0n) is 13.0. The van der Waals surface area contributed by atoms with Gasteiger partial charge in [0, 0.05) is 13.3 Å². The average Bonchev–Trinajstić information content (AvgIpc) is 2.38. The van der Waals surface area contributed by atoms with Gasteiger partial charge in [-0.3, -0.25) is 9.59 Å². The van der Waals surface area contributed by atoms with Crippen molar-refractivity contribution < 1.29 is 19.4 Å². The molecule has 0 radical (unpaired) electrons. The molecule has 0 aromatic rings. The fraction of sp³-hybridized carbons (Fsp3) is 0.875. The van der Waals surface area contributed by atoms with Gasteiger partial charge in [-0.25, -0.2) is 0 Å². The van der Waals surface area contributed by atoms with Crippen molar-refractivity contribution in [1.29, 1.82) is 0 Å². The van der Waals surface area contributed by atoms with E-state index < -0.39 is 5.97 Å². The highest BCUT2D eigenvalue weighted by Gasteiger charge is 2.13. The van der Waals surface area contributed by atoms with Crippen LogP contribution in [-0.2, 0) is 14.3 Å². The van der Waals surface area contributed by atoms with E-state index in [0.717, 1.165) is 19.3 Å². The molecule has 0 aliphatic rings. The Morgan fingerprint density at radius 2 is 1.50 bits per heavy atom. The van der Waals surface area contributed by atoms with Gasteiger partial charge in [0.1, 0.15) is 6.10 Å². The van der Waals surface area contributed by atoms with Crippen LogP contribution in [0.15, 0.2) is 0 Å². The van der Waals surface area contributed by atoms with Gasteiger partial charge in [0.2, 0.25) is 0 Å². The first kappa shape index (κ1) is 18.9. The number of aliphatic carboxylic acids is 1. The lowest BCUT2D eigenvalue weighted by molar-refractivity contribution is -0.149. The summed E-state index contributed by atoms with van der Waals surface area (Å²) in [5, 5.41) is 8.67. The summed E-state index contributed by atoms with van der Waals surface area (Å²) in [5.74, 6) is -1.15. The number of hydrogen-bond donors (Lipinski definition) is 1. The van der Waals surface area contributed by atoms with Crippen molar-refractivity contribution in [3.8, 4) is 0 Å². The lowest BCUT2D eigenvalue weighted by Gasteiger charge is -2.16. The predicted octanol–water partition coefficient (Wildman–Crippen LogP) is 4.31. The number of ether oxygens (including phenoxy) is 1. The van der Waals surface area contributed by atoms with Gasteiger partial charge in [-0.15, -0.1) is 0 Å². The first-order valence-electron chi connectivity index (χ1n) is 7.95. The molecular formula is C16H30O4. The summed E-state index contributed by atoms with van der Waals surface area (Å²) in [5.41, 5.74) is 0. The van der Waals surface area contributed by atoms with Gasteiger partial charge in [0.15, 0.2) is 0 Å². The van der Waals surface area contributed by atoms with E-state index in [1.54, 1.807) is 0 Å². The highest BCUT2D eigenvalue weighted by atomic mass is 16.5. The minimum absolute atomic E-state index is 0.0644. The molecule has 4 heteroatoms. The maximum atomic E-state index is 11.0. The van der Waals surface area contributed by atoms with Crippen LogP contribution in [0.25, 0.3) is 0 Å². The third-order valence-corrected chi connectivity index (χ3v) is 3.39. The summed E-state index contributed by atoms with van der Waals surface area (Å²) in [7, 11) is 0. The second-order valence-electron chi connectivity index (χ2n) is 5.43. The van der Waals surface area contributed by atoms with Gasteiger partial charge in [0.25, 0.3) is 0 Å². The molecule has 0 saturated heterocycles. The highest BCUT2D eigenvalue weighted by molar-refractivity contribution is 5.67. The van der Waals surface area contributed by atoms with Crippen LogP contribution in [-0.4, -0.2) is 23.1 Å². The van der Waals surface area contributed by atoms with E-state index >= 15 is 0 Å². The lowest BCUT2D eigenvalue weighted by Crippen LogP contribution is -2.17. The van der Waals surface area contributed by atoms with E-state index in [4.69, 9.17) is 9.84 Å². The predicted molar refractivity (Wildman–Crippen MR) is 79.7 cm³/mol. The van der Waals surface area contributed by atoms with E-state index in [0.29, 0.717) is 6.42 Å². The van der Waals surface area contributed by atoms with Gasteiger partial charge < -0.3 is 9.84 Å². The molecular weight excluding hydrogens is 256 g/mol. The number of carboxylic acids is 1. The van der Waals surface area contributed by atoms with E-state index in [2.05, 4.69) is 6.92 Å². The van der Waals surface area contributed by atoms with Gasteiger partial charge in [-0.1, -0.05) is 51.9 Å². The number of carbonyl (C=O) groups is 2. The molecule has 0 fully saturated rings. The van der Waals surface area contributed by atoms with Crippen molar-refractivity contribution in [2.24, 2.45) is 0 Å². The van der Waals surface area contributed by atoms with E-state index in [1.807, 2.05) is 0 Å². The van der Waals surface area contributed by atoms with E-state index in [9.17, 15) is 9.59 Å². The Labute approximate surface area is 122 Å². The Kier molecular flexibility index (Phi) is 12.3. The number of carbonyl (C=O) groups excluding carboxylic acids is 1. The van der Waals surface area contributed by atoms with Crippen molar-refractivity contribution in [2.45, 2.75) is 90.6 Å². The van der Waals surface area contributed by atoms with Crippen LogP contribution in [0.4, 0.5) is 0 Å². The average molecular weight is 286 g/mol. The second-order valence-corrected chi connectivity index (χ2v) is 5.43. The van der Waals surface area contributed by atoms with Crippen LogP contribution in [0.2, 0.25) is 0 Å². The van der Waals surface area contributed by atoms with Crippen LogP contribution in [0.1, 0.15) is 84.5 Å². The Balaban J connectivity index is 3.62. The molecule has 1 atom stereocenters. The van der Waals surface area contributed by atoms with Gasteiger partial charge >= 0.3 is 11.9 Å². The van der Waals surface area contributed by atoms with Crippen molar-refractivity contribution in [1.82, 2.24) is 0 Å². The molecule has 0 aliphatic carbocycles. The fourth-order valence-corrected chi connectivity index (χ4v) is 2.29. The smallest absolute Gasteiger partial charge is 0.303 e. The normalized spacial score (nSPS) is 12.1. The molecule has 0 bridgehead atoms. The fourth-order valence-electron chi connectivity index (χ4n) is 2.29. The van der Waals surface area contributed by atoms with Crippen molar-refractivity contribution in [3.63, 3.8) is 0 Å². The quantitative estimate of drug-likeness (QED) is 0.404. The van der Waals surface area contributed by atoms with Gasteiger partial charge in [-0.05, 0) is 19.3 Å². The first-order chi connectivity index (χ1) is 9.56. The van der Waals surface area contributed by atoms with Crippen LogP contribution in [0, 0.1) is 0 Å². The zero-order chi connectivity index (χ0) is 15.2. The minimum Gasteiger partial charge on any atom is -0.481 e. The van der Waals surface area contributed by atoms with E-state index in [1.165, 1.54) is 45.4 Å². The second kappa shape index (κ2) is 12.9. The molecule has 1 unspecified atom stereocenters. The summed E-state index contributed by atoms with van der Waals surface area (Å²) in [6, 6.07) is 0. The summed E-state index contributed by atoms with van der Waals surface area (Å²) in [6.07, 6.45) is 10.9. The molecule has 118 valence electrons. The van der Waals surface area contributed by atoms with Crippen LogP contribution in [0.3, 0.4) is 0 Å².